The molecule has 0 spiro atoms. The van der Waals surface area contributed by atoms with E-state index in [9.17, 15) is 4.79 Å². The molecule has 1 N–H and O–H groups in total. The first-order valence-corrected chi connectivity index (χ1v) is 7.00. The summed E-state index contributed by atoms with van der Waals surface area (Å²) in [6.45, 7) is 6.82. The lowest BCUT2D eigenvalue weighted by Gasteiger charge is -2.13. The molecule has 0 radical (unpaired) electrons. The SMILES string of the molecule is COC(=O)c1cc(C)ccc1NCc1ccc(C)cc1C. The van der Waals surface area contributed by atoms with Gasteiger partial charge in [-0.2, -0.15) is 0 Å². The maximum absolute atomic E-state index is 11.8. The van der Waals surface area contributed by atoms with Crippen molar-refractivity contribution in [2.45, 2.75) is 27.3 Å². The molecule has 0 amide bonds. The second-order valence-electron chi connectivity index (χ2n) is 5.32. The minimum absolute atomic E-state index is 0.318. The zero-order valence-corrected chi connectivity index (χ0v) is 13.0. The third kappa shape index (κ3) is 3.63. The second-order valence-corrected chi connectivity index (χ2v) is 5.32. The molecule has 0 aliphatic rings. The smallest absolute Gasteiger partial charge is 0.339 e. The molecular formula is C18H21NO2. The Bertz CT molecular complexity index is 662. The molecule has 21 heavy (non-hydrogen) atoms. The van der Waals surface area contributed by atoms with Crippen molar-refractivity contribution < 1.29 is 9.53 Å². The number of anilines is 1. The average molecular weight is 283 g/mol. The summed E-state index contributed by atoms with van der Waals surface area (Å²) in [6, 6.07) is 12.1. The van der Waals surface area contributed by atoms with Gasteiger partial charge in [0.25, 0.3) is 0 Å². The highest BCUT2D eigenvalue weighted by Gasteiger charge is 2.12. The monoisotopic (exact) mass is 283 g/mol. The van der Waals surface area contributed by atoms with Gasteiger partial charge in [0.1, 0.15) is 0 Å². The Balaban J connectivity index is 2.21. The number of hydrogen-bond acceptors (Lipinski definition) is 3. The van der Waals surface area contributed by atoms with Crippen molar-refractivity contribution in [3.8, 4) is 0 Å². The number of hydrogen-bond donors (Lipinski definition) is 1. The van der Waals surface area contributed by atoms with Crippen molar-refractivity contribution >= 4 is 11.7 Å². The van der Waals surface area contributed by atoms with Gasteiger partial charge in [-0.05, 0) is 44.0 Å². The van der Waals surface area contributed by atoms with Gasteiger partial charge in [0.15, 0.2) is 0 Å². The maximum Gasteiger partial charge on any atom is 0.339 e. The quantitative estimate of drug-likeness (QED) is 0.862. The van der Waals surface area contributed by atoms with Gasteiger partial charge in [0, 0.05) is 12.2 Å². The van der Waals surface area contributed by atoms with E-state index in [0.717, 1.165) is 11.3 Å². The lowest BCUT2D eigenvalue weighted by molar-refractivity contribution is 0.0601. The summed E-state index contributed by atoms with van der Waals surface area (Å²) in [4.78, 5) is 11.8. The summed E-state index contributed by atoms with van der Waals surface area (Å²) in [7, 11) is 1.40. The van der Waals surface area contributed by atoms with Crippen molar-refractivity contribution in [1.29, 1.82) is 0 Å². The Hall–Kier alpha value is -2.29. The van der Waals surface area contributed by atoms with Crippen molar-refractivity contribution in [2.75, 3.05) is 12.4 Å². The Morgan fingerprint density at radius 1 is 1.05 bits per heavy atom. The molecular weight excluding hydrogens is 262 g/mol. The Labute approximate surface area is 126 Å². The summed E-state index contributed by atoms with van der Waals surface area (Å²) in [5.41, 5.74) is 6.12. The second kappa shape index (κ2) is 6.44. The fourth-order valence-corrected chi connectivity index (χ4v) is 2.33. The molecule has 3 nitrogen and oxygen atoms in total. The van der Waals surface area contributed by atoms with Gasteiger partial charge in [-0.15, -0.1) is 0 Å². The van der Waals surface area contributed by atoms with Crippen LogP contribution in [0.2, 0.25) is 0 Å². The number of methoxy groups -OCH3 is 1. The van der Waals surface area contributed by atoms with E-state index in [1.807, 2.05) is 25.1 Å². The summed E-state index contributed by atoms with van der Waals surface area (Å²) in [5, 5.41) is 3.33. The molecule has 0 heterocycles. The van der Waals surface area contributed by atoms with E-state index in [1.165, 1.54) is 23.8 Å². The highest BCUT2D eigenvalue weighted by Crippen LogP contribution is 2.20. The molecule has 2 rings (SSSR count). The molecule has 0 aliphatic carbocycles. The van der Waals surface area contributed by atoms with Crippen LogP contribution in [0.1, 0.15) is 32.6 Å². The van der Waals surface area contributed by atoms with E-state index in [-0.39, 0.29) is 5.97 Å². The summed E-state index contributed by atoms with van der Waals surface area (Å²) in [6.07, 6.45) is 0. The number of esters is 1. The molecule has 0 atom stereocenters. The van der Waals surface area contributed by atoms with Gasteiger partial charge >= 0.3 is 5.97 Å². The molecule has 110 valence electrons. The van der Waals surface area contributed by atoms with Crippen LogP contribution in [-0.4, -0.2) is 13.1 Å². The Kier molecular flexibility index (Phi) is 4.63. The standard InChI is InChI=1S/C18H21NO2/c1-12-5-7-15(14(3)9-12)11-19-17-8-6-13(2)10-16(17)18(20)21-4/h5-10,19H,11H2,1-4H3. The molecule has 2 aromatic carbocycles. The number of rotatable bonds is 4. The van der Waals surface area contributed by atoms with Crippen LogP contribution in [-0.2, 0) is 11.3 Å². The van der Waals surface area contributed by atoms with Crippen LogP contribution in [0.25, 0.3) is 0 Å². The van der Waals surface area contributed by atoms with Crippen LogP contribution in [0.15, 0.2) is 36.4 Å². The normalized spacial score (nSPS) is 10.3. The Morgan fingerprint density at radius 2 is 1.71 bits per heavy atom. The molecule has 0 saturated carbocycles. The fourth-order valence-electron chi connectivity index (χ4n) is 2.33. The van der Waals surface area contributed by atoms with E-state index >= 15 is 0 Å². The maximum atomic E-state index is 11.8. The van der Waals surface area contributed by atoms with Gasteiger partial charge in [-0.25, -0.2) is 4.79 Å². The number of nitrogens with one attached hydrogen (secondary N) is 1. The lowest BCUT2D eigenvalue weighted by Crippen LogP contribution is -2.09. The number of aryl methyl sites for hydroxylation is 3. The van der Waals surface area contributed by atoms with Crippen LogP contribution < -0.4 is 5.32 Å². The van der Waals surface area contributed by atoms with Crippen LogP contribution in [0.3, 0.4) is 0 Å². The highest BCUT2D eigenvalue weighted by molar-refractivity contribution is 5.95. The van der Waals surface area contributed by atoms with Crippen molar-refractivity contribution in [2.24, 2.45) is 0 Å². The zero-order chi connectivity index (χ0) is 15.4. The molecule has 2 aromatic rings. The number of carbonyl (C=O) groups excluding carboxylic acids is 1. The van der Waals surface area contributed by atoms with E-state index in [4.69, 9.17) is 4.74 Å². The summed E-state index contributed by atoms with van der Waals surface area (Å²) < 4.78 is 4.84. The fraction of sp³-hybridized carbons (Fsp3) is 0.278. The van der Waals surface area contributed by atoms with Crippen LogP contribution in [0.5, 0.6) is 0 Å². The molecule has 0 aliphatic heterocycles. The van der Waals surface area contributed by atoms with Gasteiger partial charge in [-0.3, -0.25) is 0 Å². The molecule has 3 heteroatoms. The minimum Gasteiger partial charge on any atom is -0.465 e. The Morgan fingerprint density at radius 3 is 2.38 bits per heavy atom. The number of ether oxygens (including phenoxy) is 1. The third-order valence-corrected chi connectivity index (χ3v) is 3.55. The van der Waals surface area contributed by atoms with Crippen molar-refractivity contribution in [3.63, 3.8) is 0 Å². The predicted molar refractivity (Wildman–Crippen MR) is 85.8 cm³/mol. The van der Waals surface area contributed by atoms with Crippen LogP contribution in [0.4, 0.5) is 5.69 Å². The van der Waals surface area contributed by atoms with E-state index in [1.54, 1.807) is 0 Å². The summed E-state index contributed by atoms with van der Waals surface area (Å²) in [5.74, 6) is -0.318. The molecule has 0 saturated heterocycles. The zero-order valence-electron chi connectivity index (χ0n) is 13.0. The first-order valence-electron chi connectivity index (χ1n) is 7.00. The van der Waals surface area contributed by atoms with Crippen LogP contribution >= 0.6 is 0 Å². The van der Waals surface area contributed by atoms with Gasteiger partial charge in [-0.1, -0.05) is 35.4 Å². The lowest BCUT2D eigenvalue weighted by atomic mass is 10.0. The van der Waals surface area contributed by atoms with Gasteiger partial charge < -0.3 is 10.1 Å². The van der Waals surface area contributed by atoms with Crippen molar-refractivity contribution in [3.05, 3.63) is 64.2 Å². The van der Waals surface area contributed by atoms with Crippen LogP contribution in [0, 0.1) is 20.8 Å². The number of benzene rings is 2. The molecule has 0 aromatic heterocycles. The number of carbonyl (C=O) groups is 1. The summed E-state index contributed by atoms with van der Waals surface area (Å²) >= 11 is 0. The highest BCUT2D eigenvalue weighted by atomic mass is 16.5. The largest absolute Gasteiger partial charge is 0.465 e. The van der Waals surface area contributed by atoms with E-state index in [2.05, 4.69) is 37.4 Å². The van der Waals surface area contributed by atoms with Gasteiger partial charge in [0.2, 0.25) is 0 Å². The average Bonchev–Trinajstić information content (AvgIpc) is 2.46. The van der Waals surface area contributed by atoms with Crippen molar-refractivity contribution in [1.82, 2.24) is 0 Å². The topological polar surface area (TPSA) is 38.3 Å². The first-order chi connectivity index (χ1) is 10.0. The third-order valence-electron chi connectivity index (χ3n) is 3.55. The molecule has 0 bridgehead atoms. The first kappa shape index (κ1) is 15.1. The van der Waals surface area contributed by atoms with E-state index in [0.29, 0.717) is 12.1 Å². The molecule has 0 unspecified atom stereocenters. The molecule has 0 fully saturated rings. The predicted octanol–water partition coefficient (Wildman–Crippen LogP) is 4.01. The minimum atomic E-state index is -0.318. The van der Waals surface area contributed by atoms with E-state index < -0.39 is 0 Å². The van der Waals surface area contributed by atoms with Gasteiger partial charge in [0.05, 0.1) is 12.7 Å².